The molecular weight excluding hydrogens is 158 g/mol. The normalized spacial score (nSPS) is 41.6. The van der Waals surface area contributed by atoms with E-state index in [0.717, 1.165) is 0 Å². The fourth-order valence-corrected chi connectivity index (χ4v) is 1.36. The van der Waals surface area contributed by atoms with E-state index in [-0.39, 0.29) is 6.61 Å². The summed E-state index contributed by atoms with van der Waals surface area (Å²) in [5.41, 5.74) is 0. The fraction of sp³-hybridized carbons (Fsp3) is 1.00. The summed E-state index contributed by atoms with van der Waals surface area (Å²) in [4.78, 5) is 0. The monoisotopic (exact) mass is 169 g/mol. The Morgan fingerprint density at radius 2 is 2.33 bits per heavy atom. The topological polar surface area (TPSA) is 58.9 Å². The minimum atomic E-state index is -0.794. The maximum Gasteiger partial charge on any atom is 0.113 e. The number of hydrogen-bond acceptors (Lipinski definition) is 4. The summed E-state index contributed by atoms with van der Waals surface area (Å²) in [7, 11) is 7.92. The lowest BCUT2D eigenvalue weighted by molar-refractivity contribution is -0.0317. The van der Waals surface area contributed by atoms with Crippen LogP contribution < -0.4 is 0 Å². The number of ether oxygens (including phenoxy) is 2. The molecule has 1 heterocycles. The predicted molar refractivity (Wildman–Crippen MR) is 44.1 cm³/mol. The van der Waals surface area contributed by atoms with Crippen molar-refractivity contribution < 1.29 is 19.7 Å². The summed E-state index contributed by atoms with van der Waals surface area (Å²) in [6, 6.07) is -0.549. The molecule has 1 aliphatic heterocycles. The van der Waals surface area contributed by atoms with E-state index in [0.29, 0.717) is 0 Å². The van der Waals surface area contributed by atoms with Crippen molar-refractivity contribution in [3.63, 3.8) is 0 Å². The SMILES string of the molecule is [B][B]C1OC(CO)C(OC)C1O. The number of aliphatic hydroxyl groups is 2. The molecule has 1 saturated heterocycles. The van der Waals surface area contributed by atoms with Crippen LogP contribution in [0.4, 0.5) is 0 Å². The summed E-state index contributed by atoms with van der Waals surface area (Å²) in [5, 5.41) is 18.3. The molecule has 4 atom stereocenters. The standard InChI is InChI=1S/C6H11B2O4/c1-11-5-3(2-9)12-6(8-7)4(5)10/h3-6,9-10H,2H2,1H3. The molecule has 6 heteroatoms. The van der Waals surface area contributed by atoms with Crippen LogP contribution in [0.15, 0.2) is 0 Å². The molecule has 1 aliphatic rings. The highest BCUT2D eigenvalue weighted by molar-refractivity contribution is 6.90. The van der Waals surface area contributed by atoms with Crippen LogP contribution in [-0.2, 0) is 9.47 Å². The van der Waals surface area contributed by atoms with Crippen LogP contribution in [-0.4, -0.2) is 63.2 Å². The minimum Gasteiger partial charge on any atom is -0.394 e. The van der Waals surface area contributed by atoms with Crippen LogP contribution in [0.3, 0.4) is 0 Å². The van der Waals surface area contributed by atoms with Gasteiger partial charge in [0.25, 0.3) is 0 Å². The maximum absolute atomic E-state index is 9.48. The first-order chi connectivity index (χ1) is 5.74. The van der Waals surface area contributed by atoms with Crippen molar-refractivity contribution in [2.75, 3.05) is 13.7 Å². The number of methoxy groups -OCH3 is 1. The van der Waals surface area contributed by atoms with Crippen molar-refractivity contribution in [3.8, 4) is 0 Å². The molecule has 0 bridgehead atoms. The molecule has 4 unspecified atom stereocenters. The van der Waals surface area contributed by atoms with Crippen LogP contribution >= 0.6 is 0 Å². The lowest BCUT2D eigenvalue weighted by atomic mass is 9.50. The lowest BCUT2D eigenvalue weighted by Crippen LogP contribution is -2.37. The van der Waals surface area contributed by atoms with Gasteiger partial charge < -0.3 is 19.7 Å². The van der Waals surface area contributed by atoms with Gasteiger partial charge in [-0.2, -0.15) is 0 Å². The Bertz CT molecular complexity index is 144. The van der Waals surface area contributed by atoms with Gasteiger partial charge in [-0.25, -0.2) is 0 Å². The first-order valence-electron chi connectivity index (χ1n) is 3.76. The summed E-state index contributed by atoms with van der Waals surface area (Å²) in [5.74, 6) is 0. The number of hydrogen-bond donors (Lipinski definition) is 2. The highest BCUT2D eigenvalue weighted by Gasteiger charge is 2.41. The smallest absolute Gasteiger partial charge is 0.113 e. The molecule has 4 nitrogen and oxygen atoms in total. The van der Waals surface area contributed by atoms with Crippen molar-refractivity contribution in [2.45, 2.75) is 24.3 Å². The third kappa shape index (κ3) is 1.66. The molecule has 0 aromatic rings. The largest absolute Gasteiger partial charge is 0.394 e. The molecule has 12 heavy (non-hydrogen) atoms. The molecule has 1 rings (SSSR count). The second kappa shape index (κ2) is 4.28. The van der Waals surface area contributed by atoms with Crippen LogP contribution in [0.5, 0.6) is 0 Å². The molecule has 0 amide bonds. The second-order valence-corrected chi connectivity index (χ2v) is 2.71. The molecule has 0 spiro atoms. The van der Waals surface area contributed by atoms with Crippen molar-refractivity contribution in [1.82, 2.24) is 0 Å². The average Bonchev–Trinajstić information content (AvgIpc) is 2.41. The zero-order valence-corrected chi connectivity index (χ0v) is 6.88. The van der Waals surface area contributed by atoms with Gasteiger partial charge in [0.15, 0.2) is 0 Å². The third-order valence-corrected chi connectivity index (χ3v) is 2.01. The highest BCUT2D eigenvalue weighted by atomic mass is 16.6. The van der Waals surface area contributed by atoms with E-state index in [1.165, 1.54) is 14.3 Å². The Morgan fingerprint density at radius 1 is 1.67 bits per heavy atom. The molecule has 0 saturated carbocycles. The molecule has 3 radical (unpaired) electrons. The third-order valence-electron chi connectivity index (χ3n) is 2.01. The maximum atomic E-state index is 9.48. The van der Waals surface area contributed by atoms with Crippen LogP contribution in [0.2, 0.25) is 0 Å². The second-order valence-electron chi connectivity index (χ2n) is 2.71. The van der Waals surface area contributed by atoms with E-state index in [9.17, 15) is 5.11 Å². The quantitative estimate of drug-likeness (QED) is 0.473. The molecule has 2 N–H and O–H groups in total. The Balaban J connectivity index is 2.58. The van der Waals surface area contributed by atoms with Crippen molar-refractivity contribution in [3.05, 3.63) is 0 Å². The fourth-order valence-electron chi connectivity index (χ4n) is 1.36. The highest BCUT2D eigenvalue weighted by Crippen LogP contribution is 2.22. The van der Waals surface area contributed by atoms with Gasteiger partial charge in [0.2, 0.25) is 0 Å². The summed E-state index contributed by atoms with van der Waals surface area (Å²) in [6.07, 6.45) is -1.79. The summed E-state index contributed by atoms with van der Waals surface area (Å²) < 4.78 is 10.1. The molecular formula is C6H11B2O4. The van der Waals surface area contributed by atoms with E-state index < -0.39 is 24.3 Å². The molecule has 0 aromatic heterocycles. The molecule has 0 aromatic carbocycles. The number of rotatable bonds is 3. The van der Waals surface area contributed by atoms with E-state index >= 15 is 0 Å². The summed E-state index contributed by atoms with van der Waals surface area (Å²) in [6.45, 7) is -0.181. The van der Waals surface area contributed by atoms with Gasteiger partial charge >= 0.3 is 0 Å². The average molecular weight is 169 g/mol. The molecule has 0 aliphatic carbocycles. The Labute approximate surface area is 73.5 Å². The van der Waals surface area contributed by atoms with Gasteiger partial charge in [0.05, 0.1) is 13.8 Å². The van der Waals surface area contributed by atoms with Crippen LogP contribution in [0.1, 0.15) is 0 Å². The van der Waals surface area contributed by atoms with Gasteiger partial charge in [-0.15, -0.1) is 0 Å². The summed E-state index contributed by atoms with van der Waals surface area (Å²) >= 11 is 0. The van der Waals surface area contributed by atoms with Gasteiger partial charge in [-0.3, -0.25) is 0 Å². The van der Waals surface area contributed by atoms with Gasteiger partial charge in [-0.1, -0.05) is 0 Å². The molecule has 65 valence electrons. The van der Waals surface area contributed by atoms with E-state index in [4.69, 9.17) is 22.3 Å². The molecule has 1 fully saturated rings. The zero-order valence-electron chi connectivity index (χ0n) is 6.88. The van der Waals surface area contributed by atoms with Crippen molar-refractivity contribution in [2.24, 2.45) is 0 Å². The lowest BCUT2D eigenvalue weighted by Gasteiger charge is -2.16. The van der Waals surface area contributed by atoms with Crippen molar-refractivity contribution in [1.29, 1.82) is 0 Å². The van der Waals surface area contributed by atoms with E-state index in [1.807, 2.05) is 0 Å². The van der Waals surface area contributed by atoms with E-state index in [2.05, 4.69) is 0 Å². The first kappa shape index (κ1) is 10.1. The number of aliphatic hydroxyl groups excluding tert-OH is 2. The van der Waals surface area contributed by atoms with Gasteiger partial charge in [-0.05, 0) is 0 Å². The Hall–Kier alpha value is -0.0301. The zero-order chi connectivity index (χ0) is 9.14. The predicted octanol–water partition coefficient (Wildman–Crippen LogP) is -2.13. The van der Waals surface area contributed by atoms with Crippen molar-refractivity contribution >= 4 is 14.9 Å². The van der Waals surface area contributed by atoms with Gasteiger partial charge in [0, 0.05) is 20.9 Å². The Kier molecular flexibility index (Phi) is 3.58. The Morgan fingerprint density at radius 3 is 2.67 bits per heavy atom. The minimum absolute atomic E-state index is 0.181. The van der Waals surface area contributed by atoms with Crippen LogP contribution in [0.25, 0.3) is 0 Å². The van der Waals surface area contributed by atoms with Crippen LogP contribution in [0, 0.1) is 0 Å². The van der Waals surface area contributed by atoms with E-state index in [1.54, 1.807) is 0 Å². The van der Waals surface area contributed by atoms with Gasteiger partial charge in [0.1, 0.15) is 18.3 Å². The first-order valence-corrected chi connectivity index (χ1v) is 3.76.